The molecule has 2 N–H and O–H groups in total. The van der Waals surface area contributed by atoms with Crippen molar-refractivity contribution in [2.24, 2.45) is 0 Å². The molecule has 1 atom stereocenters. The van der Waals surface area contributed by atoms with Crippen LogP contribution in [0.1, 0.15) is 23.2 Å². The molecule has 1 saturated heterocycles. The Hall–Kier alpha value is -3.31. The number of nitrogens with one attached hydrogen (secondary N) is 1. The molecule has 0 spiro atoms. The highest BCUT2D eigenvalue weighted by Crippen LogP contribution is 2.35. The molecule has 10 nitrogen and oxygen atoms in total. The third-order valence-electron chi connectivity index (χ3n) is 5.53. The van der Waals surface area contributed by atoms with Crippen LogP contribution in [0.2, 0.25) is 0 Å². The van der Waals surface area contributed by atoms with Gasteiger partial charge in [0.25, 0.3) is 5.91 Å². The van der Waals surface area contributed by atoms with Crippen molar-refractivity contribution in [2.75, 3.05) is 45.0 Å². The van der Waals surface area contributed by atoms with Crippen LogP contribution in [0.3, 0.4) is 0 Å². The Morgan fingerprint density at radius 2 is 1.79 bits per heavy atom. The maximum absolute atomic E-state index is 13.2. The van der Waals surface area contributed by atoms with Gasteiger partial charge in [-0.2, -0.15) is 0 Å². The Bertz CT molecular complexity index is 1120. The predicted molar refractivity (Wildman–Crippen MR) is 124 cm³/mol. The van der Waals surface area contributed by atoms with Gasteiger partial charge in [0.15, 0.2) is 21.3 Å². The molecule has 0 aliphatic carbocycles. The summed E-state index contributed by atoms with van der Waals surface area (Å²) >= 11 is 0. The number of aliphatic hydroxyl groups excluding tert-OH is 1. The highest BCUT2D eigenvalue weighted by Gasteiger charge is 2.31. The minimum Gasteiger partial charge on any atom is -0.493 e. The van der Waals surface area contributed by atoms with Crippen molar-refractivity contribution < 1.29 is 37.3 Å². The first kappa shape index (κ1) is 25.3. The lowest BCUT2D eigenvalue weighted by Crippen LogP contribution is -2.38. The fourth-order valence-corrected chi connectivity index (χ4v) is 4.85. The number of nitrogens with zero attached hydrogens (tertiary/aromatic N) is 1. The van der Waals surface area contributed by atoms with E-state index in [4.69, 9.17) is 14.2 Å². The third kappa shape index (κ3) is 5.78. The van der Waals surface area contributed by atoms with Crippen molar-refractivity contribution in [3.8, 4) is 11.5 Å². The molecule has 0 saturated carbocycles. The van der Waals surface area contributed by atoms with Crippen LogP contribution < -0.4 is 14.8 Å². The fraction of sp³-hybridized carbons (Fsp3) is 0.391. The lowest BCUT2D eigenvalue weighted by Gasteiger charge is -2.25. The van der Waals surface area contributed by atoms with Gasteiger partial charge in [0.05, 0.1) is 48.8 Å². The van der Waals surface area contributed by atoms with Gasteiger partial charge in [-0.25, -0.2) is 13.2 Å². The van der Waals surface area contributed by atoms with Gasteiger partial charge in [-0.1, -0.05) is 18.2 Å². The first-order valence-electron chi connectivity index (χ1n) is 10.7. The molecule has 0 unspecified atom stereocenters. The van der Waals surface area contributed by atoms with Crippen LogP contribution in [0, 0.1) is 0 Å². The van der Waals surface area contributed by atoms with Crippen LogP contribution in [0.15, 0.2) is 47.4 Å². The standard InChI is InChI=1S/C23H28N2O8S/c1-31-20-13-18(22(27)25-10-6-7-16(25)15-26)19(14-21(20)32-2)24-23(28)33-11-12-34(29,30)17-8-4-3-5-9-17/h3-5,8-9,13-14,16,26H,6-7,10-12,15H2,1-2H3,(H,24,28)/t16-/m0/s1. The van der Waals surface area contributed by atoms with Crippen LogP contribution in [0.4, 0.5) is 10.5 Å². The van der Waals surface area contributed by atoms with Crippen LogP contribution in [0.5, 0.6) is 11.5 Å². The van der Waals surface area contributed by atoms with Gasteiger partial charge in [-0.3, -0.25) is 10.1 Å². The number of aliphatic hydroxyl groups is 1. The minimum atomic E-state index is -3.62. The topological polar surface area (TPSA) is 131 Å². The number of hydrogen-bond acceptors (Lipinski definition) is 8. The lowest BCUT2D eigenvalue weighted by atomic mass is 10.1. The van der Waals surface area contributed by atoms with Crippen molar-refractivity contribution in [3.05, 3.63) is 48.0 Å². The molecule has 0 aromatic heterocycles. The number of hydrogen-bond donors (Lipinski definition) is 2. The molecule has 1 aliphatic heterocycles. The molecular weight excluding hydrogens is 464 g/mol. The van der Waals surface area contributed by atoms with E-state index in [0.717, 1.165) is 6.42 Å². The molecule has 1 heterocycles. The Morgan fingerprint density at radius 1 is 1.12 bits per heavy atom. The SMILES string of the molecule is COc1cc(NC(=O)OCCS(=O)(=O)c2ccccc2)c(C(=O)N2CCC[C@H]2CO)cc1OC. The Balaban J connectivity index is 1.75. The van der Waals surface area contributed by atoms with Crippen molar-refractivity contribution in [1.29, 1.82) is 0 Å². The van der Waals surface area contributed by atoms with Crippen molar-refractivity contribution >= 4 is 27.5 Å². The second-order valence-corrected chi connectivity index (χ2v) is 9.73. The average Bonchev–Trinajstić information content (AvgIpc) is 3.32. The third-order valence-corrected chi connectivity index (χ3v) is 7.22. The molecule has 2 amide bonds. The van der Waals surface area contributed by atoms with E-state index in [0.29, 0.717) is 18.7 Å². The van der Waals surface area contributed by atoms with E-state index in [-0.39, 0.29) is 47.1 Å². The summed E-state index contributed by atoms with van der Waals surface area (Å²) in [5, 5.41) is 12.1. The van der Waals surface area contributed by atoms with Crippen LogP contribution >= 0.6 is 0 Å². The maximum atomic E-state index is 13.2. The number of likely N-dealkylation sites (tertiary alicyclic amines) is 1. The Morgan fingerprint density at radius 3 is 2.44 bits per heavy atom. The van der Waals surface area contributed by atoms with Crippen molar-refractivity contribution in [2.45, 2.75) is 23.8 Å². The summed E-state index contributed by atoms with van der Waals surface area (Å²) in [4.78, 5) is 27.4. The summed E-state index contributed by atoms with van der Waals surface area (Å²) in [6.45, 7) is -0.0717. The van der Waals surface area contributed by atoms with E-state index in [9.17, 15) is 23.1 Å². The number of amides is 2. The van der Waals surface area contributed by atoms with Gasteiger partial charge < -0.3 is 24.2 Å². The summed E-state index contributed by atoms with van der Waals surface area (Å²) in [5.74, 6) is -0.215. The summed E-state index contributed by atoms with van der Waals surface area (Å²) < 4.78 is 40.4. The van der Waals surface area contributed by atoms with Crippen LogP contribution in [-0.4, -0.2) is 76.2 Å². The molecular formula is C23H28N2O8S. The van der Waals surface area contributed by atoms with E-state index in [2.05, 4.69) is 5.32 Å². The molecule has 3 rings (SSSR count). The highest BCUT2D eigenvalue weighted by atomic mass is 32.2. The van der Waals surface area contributed by atoms with Gasteiger partial charge in [0.2, 0.25) is 0 Å². The highest BCUT2D eigenvalue weighted by molar-refractivity contribution is 7.91. The van der Waals surface area contributed by atoms with Crippen molar-refractivity contribution in [3.63, 3.8) is 0 Å². The summed E-state index contributed by atoms with van der Waals surface area (Å²) in [5.41, 5.74) is 0.244. The first-order valence-corrected chi connectivity index (χ1v) is 12.4. The molecule has 34 heavy (non-hydrogen) atoms. The van der Waals surface area contributed by atoms with Gasteiger partial charge in [-0.05, 0) is 31.0 Å². The molecule has 0 bridgehead atoms. The van der Waals surface area contributed by atoms with Gasteiger partial charge in [0.1, 0.15) is 6.61 Å². The zero-order valence-corrected chi connectivity index (χ0v) is 19.8. The van der Waals surface area contributed by atoms with E-state index >= 15 is 0 Å². The number of rotatable bonds is 9. The second kappa shape index (κ2) is 11.2. The van der Waals surface area contributed by atoms with E-state index in [1.807, 2.05) is 0 Å². The smallest absolute Gasteiger partial charge is 0.411 e. The Labute approximate surface area is 198 Å². The van der Waals surface area contributed by atoms with Gasteiger partial charge in [0, 0.05) is 12.6 Å². The van der Waals surface area contributed by atoms with E-state index < -0.39 is 21.7 Å². The summed E-state index contributed by atoms with van der Waals surface area (Å²) in [6, 6.07) is 10.4. The van der Waals surface area contributed by atoms with E-state index in [1.54, 1.807) is 23.1 Å². The van der Waals surface area contributed by atoms with Crippen LogP contribution in [0.25, 0.3) is 0 Å². The molecule has 11 heteroatoms. The largest absolute Gasteiger partial charge is 0.493 e. The number of anilines is 1. The normalized spacial score (nSPS) is 15.6. The predicted octanol–water partition coefficient (Wildman–Crippen LogP) is 2.32. The number of carbonyl (C=O) groups excluding carboxylic acids is 2. The fourth-order valence-electron chi connectivity index (χ4n) is 3.74. The Kier molecular flexibility index (Phi) is 8.35. The van der Waals surface area contributed by atoms with E-state index in [1.165, 1.54) is 38.5 Å². The van der Waals surface area contributed by atoms with Crippen molar-refractivity contribution in [1.82, 2.24) is 4.90 Å². The minimum absolute atomic E-state index is 0.113. The summed E-state index contributed by atoms with van der Waals surface area (Å²) in [7, 11) is -0.778. The van der Waals surface area contributed by atoms with Gasteiger partial charge in [-0.15, -0.1) is 0 Å². The molecule has 184 valence electrons. The number of benzene rings is 2. The molecule has 0 radical (unpaired) electrons. The quantitative estimate of drug-likeness (QED) is 0.545. The molecule has 1 fully saturated rings. The average molecular weight is 493 g/mol. The zero-order valence-electron chi connectivity index (χ0n) is 19.0. The second-order valence-electron chi connectivity index (χ2n) is 7.62. The number of ether oxygens (including phenoxy) is 3. The number of sulfone groups is 1. The molecule has 2 aromatic carbocycles. The molecule has 1 aliphatic rings. The number of carbonyl (C=O) groups is 2. The monoisotopic (exact) mass is 492 g/mol. The zero-order chi connectivity index (χ0) is 24.7. The summed E-state index contributed by atoms with van der Waals surface area (Å²) in [6.07, 6.45) is 0.505. The lowest BCUT2D eigenvalue weighted by molar-refractivity contribution is 0.0678. The maximum Gasteiger partial charge on any atom is 0.411 e. The number of methoxy groups -OCH3 is 2. The first-order chi connectivity index (χ1) is 16.3. The molecule has 2 aromatic rings. The van der Waals surface area contributed by atoms with Crippen LogP contribution in [-0.2, 0) is 14.6 Å². The van der Waals surface area contributed by atoms with Gasteiger partial charge >= 0.3 is 6.09 Å².